The molecule has 2 atom stereocenters. The highest BCUT2D eigenvalue weighted by Crippen LogP contribution is 2.49. The van der Waals surface area contributed by atoms with Crippen LogP contribution < -0.4 is 10.2 Å². The van der Waals surface area contributed by atoms with E-state index in [0.717, 1.165) is 29.7 Å². The number of nitrogens with zero attached hydrogens (tertiary/aromatic N) is 1. The Hall–Kier alpha value is -1.92. The van der Waals surface area contributed by atoms with Gasteiger partial charge in [-0.1, -0.05) is 36.2 Å². The predicted octanol–water partition coefficient (Wildman–Crippen LogP) is 6.22. The molecular weight excluding hydrogens is 448 g/mol. The Bertz CT molecular complexity index is 991. The lowest BCUT2D eigenvalue weighted by Crippen LogP contribution is -2.44. The van der Waals surface area contributed by atoms with Crippen molar-refractivity contribution in [3.63, 3.8) is 0 Å². The van der Waals surface area contributed by atoms with Crippen LogP contribution in [-0.4, -0.2) is 25.2 Å². The third-order valence-electron chi connectivity index (χ3n) is 6.45. The van der Waals surface area contributed by atoms with Gasteiger partial charge in [-0.25, -0.2) is 0 Å². The Labute approximate surface area is 189 Å². The second-order valence-corrected chi connectivity index (χ2v) is 9.18. The number of halogens is 5. The van der Waals surface area contributed by atoms with Gasteiger partial charge in [0.1, 0.15) is 5.41 Å². The fourth-order valence-electron chi connectivity index (χ4n) is 4.74. The van der Waals surface area contributed by atoms with Crippen LogP contribution in [0.2, 0.25) is 10.0 Å². The van der Waals surface area contributed by atoms with Crippen LogP contribution >= 0.6 is 23.2 Å². The fourth-order valence-corrected chi connectivity index (χ4v) is 5.26. The first-order valence-corrected chi connectivity index (χ1v) is 11.1. The van der Waals surface area contributed by atoms with Crippen molar-refractivity contribution in [2.75, 3.05) is 18.0 Å². The van der Waals surface area contributed by atoms with E-state index >= 15 is 0 Å². The van der Waals surface area contributed by atoms with Gasteiger partial charge in [0.2, 0.25) is 5.91 Å². The van der Waals surface area contributed by atoms with E-state index in [1.165, 1.54) is 18.2 Å². The Balaban J connectivity index is 1.62. The quantitative estimate of drug-likeness (QED) is 0.575. The monoisotopic (exact) mass is 470 g/mol. The molecule has 1 amide bonds. The average Bonchev–Trinajstić information content (AvgIpc) is 3.32. The molecule has 4 rings (SSSR count). The first-order valence-electron chi connectivity index (χ1n) is 10.3. The van der Waals surface area contributed by atoms with Crippen LogP contribution in [0.5, 0.6) is 0 Å². The molecule has 0 saturated carbocycles. The van der Waals surface area contributed by atoms with Crippen molar-refractivity contribution in [2.24, 2.45) is 0 Å². The number of hydrogen-bond donors (Lipinski definition) is 1. The van der Waals surface area contributed by atoms with E-state index in [4.69, 9.17) is 23.2 Å². The van der Waals surface area contributed by atoms with Crippen molar-refractivity contribution < 1.29 is 18.0 Å². The summed E-state index contributed by atoms with van der Waals surface area (Å²) in [4.78, 5) is 13.5. The highest BCUT2D eigenvalue weighted by Gasteiger charge is 2.59. The minimum atomic E-state index is -4.44. The number of carbonyl (C=O) groups excluding carboxylic acids is 1. The molecular formula is C23H23Cl2F3N2O. The molecule has 0 radical (unpaired) electrons. The number of hydrogen-bond acceptors (Lipinski definition) is 2. The summed E-state index contributed by atoms with van der Waals surface area (Å²) in [5.41, 5.74) is 0.963. The topological polar surface area (TPSA) is 32.3 Å². The average molecular weight is 471 g/mol. The summed E-state index contributed by atoms with van der Waals surface area (Å²) in [5, 5.41) is 3.41. The number of rotatable bonds is 4. The standard InChI is InChI=1S/C23H23Cl2F3N2O/c1-2-21(31)29-20-6-3-14-9-18(4-5-19(14)20)30-8-7-22(13-30,23(26,27)28)15-10-16(24)12-17(25)11-15/h4-5,9-12,20H,2-3,6-8,13H2,1H3,(H,29,31)/t20-,22+/m1/s1. The molecule has 0 aromatic heterocycles. The molecule has 2 aromatic carbocycles. The van der Waals surface area contributed by atoms with Crippen LogP contribution in [0.25, 0.3) is 0 Å². The first kappa shape index (κ1) is 22.3. The predicted molar refractivity (Wildman–Crippen MR) is 117 cm³/mol. The molecule has 1 N–H and O–H groups in total. The maximum Gasteiger partial charge on any atom is 0.400 e. The highest BCUT2D eigenvalue weighted by molar-refractivity contribution is 6.34. The fraction of sp³-hybridized carbons (Fsp3) is 0.435. The molecule has 8 heteroatoms. The minimum Gasteiger partial charge on any atom is -0.370 e. The van der Waals surface area contributed by atoms with E-state index in [1.807, 2.05) is 25.1 Å². The first-order chi connectivity index (χ1) is 14.6. The number of anilines is 1. The van der Waals surface area contributed by atoms with E-state index in [9.17, 15) is 18.0 Å². The summed E-state index contributed by atoms with van der Waals surface area (Å²) < 4.78 is 43.0. The lowest BCUT2D eigenvalue weighted by atomic mass is 9.79. The number of benzene rings is 2. The van der Waals surface area contributed by atoms with Crippen LogP contribution in [0.1, 0.15) is 48.9 Å². The van der Waals surface area contributed by atoms with Crippen LogP contribution in [0.4, 0.5) is 18.9 Å². The molecule has 0 unspecified atom stereocenters. The number of amides is 1. The minimum absolute atomic E-state index is 0.00314. The Morgan fingerprint density at radius 3 is 2.55 bits per heavy atom. The normalized spacial score (nSPS) is 23.2. The summed E-state index contributed by atoms with van der Waals surface area (Å²) in [6, 6.07) is 9.90. The summed E-state index contributed by atoms with van der Waals surface area (Å²) >= 11 is 12.0. The summed E-state index contributed by atoms with van der Waals surface area (Å²) in [5.74, 6) is -0.00314. The Morgan fingerprint density at radius 2 is 1.90 bits per heavy atom. The summed E-state index contributed by atoms with van der Waals surface area (Å²) in [6.45, 7) is 1.89. The van der Waals surface area contributed by atoms with Gasteiger partial charge in [-0.3, -0.25) is 4.79 Å². The van der Waals surface area contributed by atoms with Gasteiger partial charge in [0.25, 0.3) is 0 Å². The van der Waals surface area contributed by atoms with Crippen LogP contribution in [0, 0.1) is 0 Å². The van der Waals surface area contributed by atoms with E-state index in [1.54, 1.807) is 4.90 Å². The van der Waals surface area contributed by atoms with Gasteiger partial charge in [-0.15, -0.1) is 0 Å². The molecule has 1 aliphatic carbocycles. The molecule has 0 bridgehead atoms. The van der Waals surface area contributed by atoms with Crippen molar-refractivity contribution >= 4 is 34.8 Å². The number of fused-ring (bicyclic) bond motifs is 1. The maximum atomic E-state index is 14.3. The zero-order valence-electron chi connectivity index (χ0n) is 17.0. The lowest BCUT2D eigenvalue weighted by molar-refractivity contribution is -0.184. The van der Waals surface area contributed by atoms with Crippen molar-refractivity contribution in [3.8, 4) is 0 Å². The van der Waals surface area contributed by atoms with Crippen LogP contribution in [0.15, 0.2) is 36.4 Å². The van der Waals surface area contributed by atoms with Gasteiger partial charge in [0, 0.05) is 35.2 Å². The smallest absolute Gasteiger partial charge is 0.370 e. The second-order valence-electron chi connectivity index (χ2n) is 8.30. The molecule has 0 spiro atoms. The van der Waals surface area contributed by atoms with Gasteiger partial charge in [-0.2, -0.15) is 13.2 Å². The SMILES string of the molecule is CCC(=O)N[C@@H]1CCc2cc(N3CC[C@](c4cc(Cl)cc(Cl)c4)(C(F)(F)F)C3)ccc21. The third kappa shape index (κ3) is 4.12. The van der Waals surface area contributed by atoms with Crippen molar-refractivity contribution in [2.45, 2.75) is 50.2 Å². The van der Waals surface area contributed by atoms with Crippen molar-refractivity contribution in [3.05, 3.63) is 63.1 Å². The van der Waals surface area contributed by atoms with Crippen molar-refractivity contribution in [1.82, 2.24) is 5.32 Å². The van der Waals surface area contributed by atoms with Gasteiger partial charge >= 0.3 is 6.18 Å². The number of aryl methyl sites for hydroxylation is 1. The van der Waals surface area contributed by atoms with Gasteiger partial charge in [0.15, 0.2) is 0 Å². The lowest BCUT2D eigenvalue weighted by Gasteiger charge is -2.33. The Kier molecular flexibility index (Phi) is 5.90. The van der Waals surface area contributed by atoms with E-state index in [-0.39, 0.29) is 47.1 Å². The molecule has 1 aliphatic heterocycles. The second kappa shape index (κ2) is 8.21. The summed E-state index contributed by atoms with van der Waals surface area (Å²) in [7, 11) is 0. The molecule has 3 nitrogen and oxygen atoms in total. The zero-order chi connectivity index (χ0) is 22.4. The van der Waals surface area contributed by atoms with E-state index < -0.39 is 11.6 Å². The molecule has 2 aliphatic rings. The van der Waals surface area contributed by atoms with Gasteiger partial charge in [-0.05, 0) is 66.3 Å². The molecule has 1 saturated heterocycles. The molecule has 1 heterocycles. The maximum absolute atomic E-state index is 14.3. The van der Waals surface area contributed by atoms with E-state index in [0.29, 0.717) is 6.42 Å². The van der Waals surface area contributed by atoms with Gasteiger partial charge < -0.3 is 10.2 Å². The highest BCUT2D eigenvalue weighted by atomic mass is 35.5. The third-order valence-corrected chi connectivity index (χ3v) is 6.89. The largest absolute Gasteiger partial charge is 0.400 e. The molecule has 1 fully saturated rings. The zero-order valence-corrected chi connectivity index (χ0v) is 18.5. The number of nitrogens with one attached hydrogen (secondary N) is 1. The van der Waals surface area contributed by atoms with Gasteiger partial charge in [0.05, 0.1) is 6.04 Å². The van der Waals surface area contributed by atoms with E-state index in [2.05, 4.69) is 5.32 Å². The van der Waals surface area contributed by atoms with Crippen LogP contribution in [0.3, 0.4) is 0 Å². The number of carbonyl (C=O) groups is 1. The van der Waals surface area contributed by atoms with Crippen molar-refractivity contribution in [1.29, 1.82) is 0 Å². The Morgan fingerprint density at radius 1 is 1.19 bits per heavy atom. The molecule has 166 valence electrons. The molecule has 31 heavy (non-hydrogen) atoms. The molecule has 2 aromatic rings. The summed E-state index contributed by atoms with van der Waals surface area (Å²) in [6.07, 6.45) is -2.50. The number of alkyl halides is 3. The van der Waals surface area contributed by atoms with Crippen LogP contribution in [-0.2, 0) is 16.6 Å².